The van der Waals surface area contributed by atoms with Crippen molar-refractivity contribution in [2.45, 2.75) is 88.5 Å². The fraction of sp³-hybridized carbons (Fsp3) is 0.789. The molecular formula is C19H32N2O6P+. The molecule has 3 rings (SSSR count). The Morgan fingerprint density at radius 1 is 1.32 bits per heavy atom. The number of nitrogens with one attached hydrogen (secondary N) is 1. The molecule has 2 aliphatic rings. The lowest BCUT2D eigenvalue weighted by Gasteiger charge is -2.30. The van der Waals surface area contributed by atoms with Gasteiger partial charge in [0.2, 0.25) is 0 Å². The van der Waals surface area contributed by atoms with Crippen LogP contribution < -0.4 is 11.2 Å². The molecule has 1 aromatic heterocycles. The summed E-state index contributed by atoms with van der Waals surface area (Å²) in [5.74, 6) is -0.286. The van der Waals surface area contributed by atoms with Gasteiger partial charge in [-0.3, -0.25) is 14.3 Å². The van der Waals surface area contributed by atoms with E-state index in [-0.39, 0.29) is 17.2 Å². The van der Waals surface area contributed by atoms with Crippen molar-refractivity contribution in [1.29, 1.82) is 0 Å². The van der Waals surface area contributed by atoms with E-state index in [1.807, 2.05) is 20.8 Å². The van der Waals surface area contributed by atoms with Crippen molar-refractivity contribution < 1.29 is 19.6 Å². The SMILES string of the molecule is CCC1C(C)[P+]1(O)OC(C)(CC)C[C@H]1C[C@H](n2ccc(=O)[nH]c2=O)[C@H](O)C1O. The molecule has 1 aliphatic carbocycles. The summed E-state index contributed by atoms with van der Waals surface area (Å²) in [4.78, 5) is 36.5. The summed E-state index contributed by atoms with van der Waals surface area (Å²) in [5, 5.41) is 21.1. The van der Waals surface area contributed by atoms with Gasteiger partial charge in [0.1, 0.15) is 11.7 Å². The number of aromatic nitrogens is 2. The van der Waals surface area contributed by atoms with Crippen LogP contribution in [0, 0.1) is 5.92 Å². The number of rotatable bonds is 7. The highest BCUT2D eigenvalue weighted by Gasteiger charge is 2.75. The normalized spacial score (nSPS) is 39.7. The van der Waals surface area contributed by atoms with Gasteiger partial charge in [-0.2, -0.15) is 4.52 Å². The van der Waals surface area contributed by atoms with Crippen molar-refractivity contribution in [3.8, 4) is 0 Å². The summed E-state index contributed by atoms with van der Waals surface area (Å²) < 4.78 is 7.56. The molecule has 1 saturated heterocycles. The Labute approximate surface area is 165 Å². The minimum absolute atomic E-state index is 0.176. The monoisotopic (exact) mass is 415 g/mol. The van der Waals surface area contributed by atoms with Crippen molar-refractivity contribution in [2.24, 2.45) is 5.92 Å². The van der Waals surface area contributed by atoms with E-state index in [0.717, 1.165) is 6.42 Å². The lowest BCUT2D eigenvalue weighted by Crippen LogP contribution is -2.37. The van der Waals surface area contributed by atoms with Gasteiger partial charge >= 0.3 is 5.69 Å². The predicted octanol–water partition coefficient (Wildman–Crippen LogP) is 1.42. The zero-order chi connectivity index (χ0) is 20.9. The maximum absolute atomic E-state index is 12.1. The maximum Gasteiger partial charge on any atom is 0.328 e. The van der Waals surface area contributed by atoms with Gasteiger partial charge in [-0.1, -0.05) is 13.8 Å². The largest absolute Gasteiger partial charge is 0.390 e. The summed E-state index contributed by atoms with van der Waals surface area (Å²) in [7, 11) is -2.42. The fourth-order valence-corrected chi connectivity index (χ4v) is 8.04. The van der Waals surface area contributed by atoms with Crippen molar-refractivity contribution in [2.75, 3.05) is 0 Å². The number of hydrogen-bond donors (Lipinski definition) is 4. The third kappa shape index (κ3) is 3.73. The lowest BCUT2D eigenvalue weighted by molar-refractivity contribution is -0.0172. The van der Waals surface area contributed by atoms with Crippen LogP contribution in [0.5, 0.6) is 0 Å². The molecule has 5 unspecified atom stereocenters. The van der Waals surface area contributed by atoms with Crippen LogP contribution in [0.2, 0.25) is 0 Å². The second-order valence-electron chi connectivity index (χ2n) is 8.55. The molecule has 9 heteroatoms. The van der Waals surface area contributed by atoms with Crippen LogP contribution in [0.15, 0.2) is 21.9 Å². The van der Waals surface area contributed by atoms with Gasteiger partial charge in [0.05, 0.1) is 12.1 Å². The molecule has 158 valence electrons. The number of nitrogens with zero attached hydrogens (tertiary/aromatic N) is 1. The fourth-order valence-electron chi connectivity index (χ4n) is 4.70. The minimum Gasteiger partial charge on any atom is -0.390 e. The number of aliphatic hydroxyl groups excluding tert-OH is 2. The molecule has 2 fully saturated rings. The smallest absolute Gasteiger partial charge is 0.328 e. The second-order valence-corrected chi connectivity index (χ2v) is 11.6. The van der Waals surface area contributed by atoms with E-state index >= 15 is 0 Å². The van der Waals surface area contributed by atoms with Crippen LogP contribution in [-0.2, 0) is 4.52 Å². The molecule has 2 heterocycles. The quantitative estimate of drug-likeness (QED) is 0.499. The van der Waals surface area contributed by atoms with Gasteiger partial charge in [0.15, 0.2) is 11.3 Å². The molecule has 0 amide bonds. The molecule has 8 atom stereocenters. The first kappa shape index (κ1) is 21.7. The number of aromatic amines is 1. The van der Waals surface area contributed by atoms with Crippen LogP contribution in [0.1, 0.15) is 59.4 Å². The summed E-state index contributed by atoms with van der Waals surface area (Å²) in [5.41, 5.74) is -1.33. The Hall–Kier alpha value is -1.05. The summed E-state index contributed by atoms with van der Waals surface area (Å²) in [6.45, 7) is 8.00. The standard InChI is InChI=1S/C19H31N2O6P/c1-5-14-11(3)28(14,26)27-19(4,6-2)10-12-9-13(17(24)16(12)23)21-8-7-15(22)20-18(21)25/h7-8,11-14,16-17,23-24,26H,5-6,9-10H2,1-4H3/p+1/t11?,12-,13+,14?,16?,17+,19?,28?/m1/s1. The summed E-state index contributed by atoms with van der Waals surface area (Å²) >= 11 is 0. The van der Waals surface area contributed by atoms with Crippen molar-refractivity contribution in [1.82, 2.24) is 9.55 Å². The van der Waals surface area contributed by atoms with Crippen LogP contribution in [-0.4, -0.2) is 53.8 Å². The van der Waals surface area contributed by atoms with Gasteiger partial charge in [-0.15, -0.1) is 0 Å². The molecule has 1 aliphatic heterocycles. The van der Waals surface area contributed by atoms with Crippen molar-refractivity contribution in [3.63, 3.8) is 0 Å². The lowest BCUT2D eigenvalue weighted by atomic mass is 9.87. The Morgan fingerprint density at radius 3 is 2.54 bits per heavy atom. The first-order chi connectivity index (χ1) is 13.1. The van der Waals surface area contributed by atoms with Gasteiger partial charge in [-0.05, 0) is 45.4 Å². The highest BCUT2D eigenvalue weighted by molar-refractivity contribution is 7.74. The molecule has 4 N–H and O–H groups in total. The van der Waals surface area contributed by atoms with Gasteiger partial charge in [0, 0.05) is 12.3 Å². The zero-order valence-corrected chi connectivity index (χ0v) is 17.8. The van der Waals surface area contributed by atoms with Gasteiger partial charge in [0.25, 0.3) is 13.3 Å². The molecule has 0 bridgehead atoms. The van der Waals surface area contributed by atoms with Gasteiger partial charge < -0.3 is 10.2 Å². The summed E-state index contributed by atoms with van der Waals surface area (Å²) in [6, 6.07) is 0.610. The molecule has 0 radical (unpaired) electrons. The summed E-state index contributed by atoms with van der Waals surface area (Å²) in [6.07, 6.45) is 1.64. The molecule has 1 saturated carbocycles. The third-order valence-electron chi connectivity index (χ3n) is 6.73. The Morgan fingerprint density at radius 2 is 2.00 bits per heavy atom. The second kappa shape index (κ2) is 7.65. The highest BCUT2D eigenvalue weighted by atomic mass is 31.2. The number of aliphatic hydroxyl groups is 2. The Balaban J connectivity index is 1.76. The average Bonchev–Trinajstić information content (AvgIpc) is 3.03. The molecular weight excluding hydrogens is 383 g/mol. The number of hydrogen-bond acceptors (Lipinski definition) is 6. The molecule has 0 aromatic carbocycles. The van der Waals surface area contributed by atoms with Gasteiger partial charge in [-0.25, -0.2) is 9.69 Å². The molecule has 8 nitrogen and oxygen atoms in total. The van der Waals surface area contributed by atoms with Crippen LogP contribution >= 0.6 is 7.72 Å². The van der Waals surface area contributed by atoms with Crippen LogP contribution in [0.4, 0.5) is 0 Å². The van der Waals surface area contributed by atoms with Crippen molar-refractivity contribution >= 4 is 7.72 Å². The Bertz CT molecular complexity index is 827. The topological polar surface area (TPSA) is 125 Å². The van der Waals surface area contributed by atoms with E-state index in [1.54, 1.807) is 0 Å². The first-order valence-corrected chi connectivity index (χ1v) is 11.9. The minimum atomic E-state index is -2.42. The maximum atomic E-state index is 12.1. The van der Waals surface area contributed by atoms with E-state index in [1.165, 1.54) is 16.8 Å². The van der Waals surface area contributed by atoms with E-state index < -0.39 is 42.8 Å². The van der Waals surface area contributed by atoms with E-state index in [2.05, 4.69) is 11.9 Å². The first-order valence-electron chi connectivity index (χ1n) is 10.1. The van der Waals surface area contributed by atoms with Crippen molar-refractivity contribution in [3.05, 3.63) is 33.1 Å². The number of H-pyrrole nitrogens is 1. The van der Waals surface area contributed by atoms with Crippen LogP contribution in [0.25, 0.3) is 0 Å². The highest BCUT2D eigenvalue weighted by Crippen LogP contribution is 2.84. The molecule has 1 aromatic rings. The Kier molecular flexibility index (Phi) is 5.92. The van der Waals surface area contributed by atoms with E-state index in [0.29, 0.717) is 19.3 Å². The molecule has 28 heavy (non-hydrogen) atoms. The molecule has 0 spiro atoms. The average molecular weight is 415 g/mol. The van der Waals surface area contributed by atoms with Crippen LogP contribution in [0.3, 0.4) is 0 Å². The zero-order valence-electron chi connectivity index (χ0n) is 16.9. The third-order valence-corrected chi connectivity index (χ3v) is 10.4. The predicted molar refractivity (Wildman–Crippen MR) is 108 cm³/mol. The van der Waals surface area contributed by atoms with E-state index in [4.69, 9.17) is 4.52 Å². The van der Waals surface area contributed by atoms with E-state index in [9.17, 15) is 24.7 Å².